The van der Waals surface area contributed by atoms with Gasteiger partial charge in [0.2, 0.25) is 0 Å². The molecule has 0 saturated heterocycles. The summed E-state index contributed by atoms with van der Waals surface area (Å²) in [5, 5.41) is 16.2. The summed E-state index contributed by atoms with van der Waals surface area (Å²) in [5.74, 6) is -0.281. The summed E-state index contributed by atoms with van der Waals surface area (Å²) in [6.45, 7) is 1.90. The number of aromatic hydroxyl groups is 1. The lowest BCUT2D eigenvalue weighted by atomic mass is 10.1. The first-order chi connectivity index (χ1) is 11.6. The number of carbonyl (C=O) groups excluding carboxylic acids is 1. The van der Waals surface area contributed by atoms with Gasteiger partial charge in [0.25, 0.3) is 5.91 Å². The highest BCUT2D eigenvalue weighted by Gasteiger charge is 2.09. The normalized spacial score (nSPS) is 11.1. The third-order valence-corrected chi connectivity index (χ3v) is 3.98. The van der Waals surface area contributed by atoms with Crippen LogP contribution in [-0.2, 0) is 0 Å². The molecule has 0 fully saturated rings. The number of phenolic OH excluding ortho intramolecular Hbond substituents is 1. The molecule has 3 aromatic rings. The van der Waals surface area contributed by atoms with E-state index in [1.165, 1.54) is 6.21 Å². The number of benzene rings is 3. The quantitative estimate of drug-likeness (QED) is 0.553. The molecule has 3 aromatic carbocycles. The van der Waals surface area contributed by atoms with Gasteiger partial charge in [-0.25, -0.2) is 5.43 Å². The van der Waals surface area contributed by atoms with Crippen LogP contribution < -0.4 is 5.43 Å². The Balaban J connectivity index is 1.79. The molecule has 0 heterocycles. The van der Waals surface area contributed by atoms with Gasteiger partial charge in [0.05, 0.1) is 16.8 Å². The number of aryl methyl sites for hydroxylation is 1. The van der Waals surface area contributed by atoms with Gasteiger partial charge >= 0.3 is 0 Å². The summed E-state index contributed by atoms with van der Waals surface area (Å²) in [7, 11) is 0. The molecule has 0 bridgehead atoms. The van der Waals surface area contributed by atoms with Gasteiger partial charge in [0.15, 0.2) is 0 Å². The molecule has 24 heavy (non-hydrogen) atoms. The summed E-state index contributed by atoms with van der Waals surface area (Å²) in [5.41, 5.74) is 4.26. The summed E-state index contributed by atoms with van der Waals surface area (Å²) in [4.78, 5) is 12.1. The Labute approximate surface area is 144 Å². The number of halogens is 1. The average molecular weight is 339 g/mol. The first kappa shape index (κ1) is 16.0. The van der Waals surface area contributed by atoms with E-state index >= 15 is 0 Å². The van der Waals surface area contributed by atoms with Crippen LogP contribution in [0.3, 0.4) is 0 Å². The highest BCUT2D eigenvalue weighted by molar-refractivity contribution is 6.33. The molecular formula is C19H15ClN2O2. The van der Waals surface area contributed by atoms with Gasteiger partial charge in [-0.15, -0.1) is 0 Å². The number of carbonyl (C=O) groups is 1. The van der Waals surface area contributed by atoms with Crippen LogP contribution >= 0.6 is 11.6 Å². The predicted octanol–water partition coefficient (Wildman–Crippen LogP) is 4.27. The number of hydrogen-bond acceptors (Lipinski definition) is 3. The van der Waals surface area contributed by atoms with E-state index in [9.17, 15) is 9.90 Å². The van der Waals surface area contributed by atoms with Crippen LogP contribution in [0.25, 0.3) is 10.8 Å². The molecular weight excluding hydrogens is 324 g/mol. The summed E-state index contributed by atoms with van der Waals surface area (Å²) in [6, 6.07) is 16.3. The Morgan fingerprint density at radius 1 is 1.17 bits per heavy atom. The number of phenols is 1. The Kier molecular flexibility index (Phi) is 4.49. The van der Waals surface area contributed by atoms with Crippen molar-refractivity contribution in [3.05, 3.63) is 76.3 Å². The summed E-state index contributed by atoms with van der Waals surface area (Å²) < 4.78 is 0. The monoisotopic (exact) mass is 338 g/mol. The molecule has 0 aliphatic heterocycles. The maximum absolute atomic E-state index is 12.1. The number of amides is 1. The Bertz CT molecular complexity index is 951. The second-order valence-electron chi connectivity index (χ2n) is 5.41. The van der Waals surface area contributed by atoms with Crippen molar-refractivity contribution in [3.8, 4) is 5.75 Å². The molecule has 3 rings (SSSR count). The van der Waals surface area contributed by atoms with Gasteiger partial charge in [-0.05, 0) is 36.1 Å². The molecule has 0 saturated carbocycles. The van der Waals surface area contributed by atoms with E-state index in [1.807, 2.05) is 37.3 Å². The van der Waals surface area contributed by atoms with Crippen LogP contribution in [0.2, 0.25) is 5.02 Å². The highest BCUT2D eigenvalue weighted by atomic mass is 35.5. The molecule has 1 amide bonds. The Hall–Kier alpha value is -2.85. The van der Waals surface area contributed by atoms with E-state index in [1.54, 1.807) is 24.3 Å². The van der Waals surface area contributed by atoms with Crippen LogP contribution in [0.5, 0.6) is 5.75 Å². The topological polar surface area (TPSA) is 61.7 Å². The van der Waals surface area contributed by atoms with E-state index < -0.39 is 5.91 Å². The van der Waals surface area contributed by atoms with Gasteiger partial charge in [-0.2, -0.15) is 5.10 Å². The minimum absolute atomic E-state index is 0.125. The molecule has 0 aliphatic rings. The Morgan fingerprint density at radius 3 is 2.75 bits per heavy atom. The third kappa shape index (κ3) is 3.24. The van der Waals surface area contributed by atoms with E-state index in [0.29, 0.717) is 16.1 Å². The zero-order valence-electron chi connectivity index (χ0n) is 13.0. The van der Waals surface area contributed by atoms with Crippen LogP contribution in [0.1, 0.15) is 21.5 Å². The van der Waals surface area contributed by atoms with Crippen LogP contribution in [-0.4, -0.2) is 17.2 Å². The first-order valence-corrected chi connectivity index (χ1v) is 7.74. The number of rotatable bonds is 3. The average Bonchev–Trinajstić information content (AvgIpc) is 2.57. The lowest BCUT2D eigenvalue weighted by Gasteiger charge is -2.05. The molecule has 0 spiro atoms. The fourth-order valence-corrected chi connectivity index (χ4v) is 2.72. The lowest BCUT2D eigenvalue weighted by Crippen LogP contribution is -2.18. The Morgan fingerprint density at radius 2 is 1.96 bits per heavy atom. The molecule has 0 atom stereocenters. The third-order valence-electron chi connectivity index (χ3n) is 3.67. The van der Waals surface area contributed by atoms with E-state index in [4.69, 9.17) is 11.6 Å². The highest BCUT2D eigenvalue weighted by Crippen LogP contribution is 2.27. The SMILES string of the molecule is Cc1ccc(C(=O)N/N=C\c2ccc3ccccc3c2O)c(Cl)c1. The smallest absolute Gasteiger partial charge is 0.272 e. The summed E-state index contributed by atoms with van der Waals surface area (Å²) >= 11 is 6.06. The van der Waals surface area contributed by atoms with Crippen LogP contribution in [0.15, 0.2) is 59.7 Å². The van der Waals surface area contributed by atoms with Crippen molar-refractivity contribution in [1.82, 2.24) is 5.43 Å². The van der Waals surface area contributed by atoms with Gasteiger partial charge in [-0.3, -0.25) is 4.79 Å². The van der Waals surface area contributed by atoms with Crippen LogP contribution in [0, 0.1) is 6.92 Å². The molecule has 120 valence electrons. The van der Waals surface area contributed by atoms with Crippen molar-refractivity contribution >= 4 is 34.5 Å². The minimum atomic E-state index is -0.406. The number of fused-ring (bicyclic) bond motifs is 1. The molecule has 0 aliphatic carbocycles. The zero-order chi connectivity index (χ0) is 17.1. The summed E-state index contributed by atoms with van der Waals surface area (Å²) in [6.07, 6.45) is 1.40. The largest absolute Gasteiger partial charge is 0.507 e. The van der Waals surface area contributed by atoms with Crippen molar-refractivity contribution in [2.24, 2.45) is 5.10 Å². The second kappa shape index (κ2) is 6.72. The second-order valence-corrected chi connectivity index (χ2v) is 5.81. The fourth-order valence-electron chi connectivity index (χ4n) is 2.40. The van der Waals surface area contributed by atoms with E-state index in [2.05, 4.69) is 10.5 Å². The molecule has 5 heteroatoms. The molecule has 2 N–H and O–H groups in total. The zero-order valence-corrected chi connectivity index (χ0v) is 13.7. The number of nitrogens with one attached hydrogen (secondary N) is 1. The molecule has 0 radical (unpaired) electrons. The van der Waals surface area contributed by atoms with Gasteiger partial charge in [0.1, 0.15) is 5.75 Å². The van der Waals surface area contributed by atoms with Gasteiger partial charge in [0, 0.05) is 10.9 Å². The number of hydrazone groups is 1. The molecule has 0 aromatic heterocycles. The van der Waals surface area contributed by atoms with Gasteiger partial charge in [-0.1, -0.05) is 48.0 Å². The van der Waals surface area contributed by atoms with Crippen molar-refractivity contribution in [1.29, 1.82) is 0 Å². The van der Waals surface area contributed by atoms with Crippen LogP contribution in [0.4, 0.5) is 0 Å². The van der Waals surface area contributed by atoms with Crippen molar-refractivity contribution in [3.63, 3.8) is 0 Å². The predicted molar refractivity (Wildman–Crippen MR) is 96.9 cm³/mol. The lowest BCUT2D eigenvalue weighted by molar-refractivity contribution is 0.0955. The molecule has 4 nitrogen and oxygen atoms in total. The first-order valence-electron chi connectivity index (χ1n) is 7.36. The van der Waals surface area contributed by atoms with E-state index in [-0.39, 0.29) is 5.75 Å². The fraction of sp³-hybridized carbons (Fsp3) is 0.0526. The standard InChI is InChI=1S/C19H15ClN2O2/c1-12-6-9-16(17(20)10-12)19(24)22-21-11-14-8-7-13-4-2-3-5-15(13)18(14)23/h2-11,23H,1H3,(H,22,24)/b21-11-. The maximum Gasteiger partial charge on any atom is 0.272 e. The van der Waals surface area contributed by atoms with Crippen molar-refractivity contribution < 1.29 is 9.90 Å². The van der Waals surface area contributed by atoms with Gasteiger partial charge < -0.3 is 5.11 Å². The van der Waals surface area contributed by atoms with Crippen molar-refractivity contribution in [2.45, 2.75) is 6.92 Å². The number of nitrogens with zero attached hydrogens (tertiary/aromatic N) is 1. The maximum atomic E-state index is 12.1. The van der Waals surface area contributed by atoms with Crippen molar-refractivity contribution in [2.75, 3.05) is 0 Å². The number of hydrogen-bond donors (Lipinski definition) is 2. The molecule has 0 unspecified atom stereocenters. The van der Waals surface area contributed by atoms with E-state index in [0.717, 1.165) is 16.3 Å². The minimum Gasteiger partial charge on any atom is -0.507 e.